The molecule has 0 aliphatic rings. The maximum atomic E-state index is 13.7. The summed E-state index contributed by atoms with van der Waals surface area (Å²) in [6.07, 6.45) is -0.508. The first-order valence-electron chi connectivity index (χ1n) is 6.36. The molecule has 1 unspecified atom stereocenters. The molecule has 0 aliphatic carbocycles. The molecule has 2 nitrogen and oxygen atoms in total. The second kappa shape index (κ2) is 6.25. The molecule has 2 rings (SSSR count). The number of anilines is 1. The summed E-state index contributed by atoms with van der Waals surface area (Å²) in [6, 6.07) is 12.1. The van der Waals surface area contributed by atoms with Crippen LogP contribution in [-0.4, -0.2) is 19.2 Å². The van der Waals surface area contributed by atoms with Gasteiger partial charge in [-0.1, -0.05) is 29.8 Å². The fourth-order valence-corrected chi connectivity index (χ4v) is 2.17. The Kier molecular flexibility index (Phi) is 4.63. The molecular formula is C16H17ClFNO. The molecule has 0 spiro atoms. The molecule has 2 aromatic carbocycles. The van der Waals surface area contributed by atoms with Gasteiger partial charge in [-0.05, 0) is 35.4 Å². The molecule has 0 amide bonds. The molecule has 20 heavy (non-hydrogen) atoms. The summed E-state index contributed by atoms with van der Waals surface area (Å²) >= 11 is 5.71. The highest BCUT2D eigenvalue weighted by Gasteiger charge is 2.12. The zero-order chi connectivity index (χ0) is 14.7. The van der Waals surface area contributed by atoms with Crippen LogP contribution in [0, 0.1) is 5.82 Å². The van der Waals surface area contributed by atoms with E-state index in [0.717, 1.165) is 11.3 Å². The van der Waals surface area contributed by atoms with E-state index < -0.39 is 6.10 Å². The Morgan fingerprint density at radius 3 is 2.35 bits per heavy atom. The number of halogens is 2. The van der Waals surface area contributed by atoms with Crippen molar-refractivity contribution in [3.63, 3.8) is 0 Å². The second-order valence-electron chi connectivity index (χ2n) is 4.94. The first kappa shape index (κ1) is 14.8. The van der Waals surface area contributed by atoms with Crippen molar-refractivity contribution in [2.45, 2.75) is 12.5 Å². The van der Waals surface area contributed by atoms with Gasteiger partial charge in [-0.3, -0.25) is 0 Å². The van der Waals surface area contributed by atoms with Gasteiger partial charge in [0.2, 0.25) is 0 Å². The van der Waals surface area contributed by atoms with Crippen LogP contribution in [0.25, 0.3) is 0 Å². The van der Waals surface area contributed by atoms with Crippen LogP contribution in [0.4, 0.5) is 10.1 Å². The van der Waals surface area contributed by atoms with Crippen LogP contribution < -0.4 is 4.90 Å². The first-order valence-corrected chi connectivity index (χ1v) is 6.74. The van der Waals surface area contributed by atoms with E-state index in [4.69, 9.17) is 11.6 Å². The minimum atomic E-state index is -0.734. The zero-order valence-electron chi connectivity index (χ0n) is 11.5. The first-order chi connectivity index (χ1) is 9.47. The van der Waals surface area contributed by atoms with Crippen molar-refractivity contribution in [3.05, 3.63) is 64.4 Å². The fraction of sp³-hybridized carbons (Fsp3) is 0.250. The van der Waals surface area contributed by atoms with Gasteiger partial charge in [0.25, 0.3) is 0 Å². The Bertz CT molecular complexity index is 584. The molecule has 1 N–H and O–H groups in total. The van der Waals surface area contributed by atoms with Gasteiger partial charge in [0, 0.05) is 31.2 Å². The van der Waals surface area contributed by atoms with Gasteiger partial charge in [0.1, 0.15) is 5.82 Å². The van der Waals surface area contributed by atoms with Crippen molar-refractivity contribution in [3.8, 4) is 0 Å². The third-order valence-electron chi connectivity index (χ3n) is 3.22. The molecule has 0 fully saturated rings. The summed E-state index contributed by atoms with van der Waals surface area (Å²) in [7, 11) is 3.91. The predicted molar refractivity (Wildman–Crippen MR) is 80.8 cm³/mol. The highest BCUT2D eigenvalue weighted by atomic mass is 35.5. The largest absolute Gasteiger partial charge is 0.388 e. The van der Waals surface area contributed by atoms with E-state index in [1.807, 2.05) is 43.3 Å². The molecule has 1 atom stereocenters. The number of nitrogens with zero attached hydrogens (tertiary/aromatic N) is 1. The number of aliphatic hydroxyl groups is 1. The Labute approximate surface area is 123 Å². The van der Waals surface area contributed by atoms with Gasteiger partial charge in [-0.2, -0.15) is 0 Å². The normalized spacial score (nSPS) is 12.2. The minimum absolute atomic E-state index is 0.227. The summed E-state index contributed by atoms with van der Waals surface area (Å²) in [4.78, 5) is 1.98. The number of hydrogen-bond acceptors (Lipinski definition) is 2. The van der Waals surface area contributed by atoms with Gasteiger partial charge in [0.05, 0.1) is 6.10 Å². The van der Waals surface area contributed by atoms with Gasteiger partial charge >= 0.3 is 0 Å². The Morgan fingerprint density at radius 2 is 1.80 bits per heavy atom. The zero-order valence-corrected chi connectivity index (χ0v) is 12.2. The van der Waals surface area contributed by atoms with Crippen LogP contribution in [0.3, 0.4) is 0 Å². The molecule has 0 heterocycles. The lowest BCUT2D eigenvalue weighted by atomic mass is 10.0. The van der Waals surface area contributed by atoms with E-state index in [-0.39, 0.29) is 12.2 Å². The summed E-state index contributed by atoms with van der Waals surface area (Å²) in [5.74, 6) is -0.388. The van der Waals surface area contributed by atoms with Crippen LogP contribution >= 0.6 is 11.6 Å². The van der Waals surface area contributed by atoms with E-state index in [9.17, 15) is 9.50 Å². The summed E-state index contributed by atoms with van der Waals surface area (Å²) in [6.45, 7) is 0. The molecule has 106 valence electrons. The molecular weight excluding hydrogens is 277 g/mol. The van der Waals surface area contributed by atoms with Gasteiger partial charge in [0.15, 0.2) is 0 Å². The Morgan fingerprint density at radius 1 is 1.15 bits per heavy atom. The van der Waals surface area contributed by atoms with Gasteiger partial charge in [-0.25, -0.2) is 4.39 Å². The second-order valence-corrected chi connectivity index (χ2v) is 5.38. The van der Waals surface area contributed by atoms with Crippen molar-refractivity contribution in [2.75, 3.05) is 19.0 Å². The van der Waals surface area contributed by atoms with E-state index >= 15 is 0 Å². The van der Waals surface area contributed by atoms with Gasteiger partial charge < -0.3 is 10.0 Å². The summed E-state index contributed by atoms with van der Waals surface area (Å²) < 4.78 is 13.7. The highest BCUT2D eigenvalue weighted by Crippen LogP contribution is 2.23. The third kappa shape index (κ3) is 3.50. The third-order valence-corrected chi connectivity index (χ3v) is 3.46. The standard InChI is InChI=1S/C16H17ClFNO/c1-19(2)14-7-4-11(5-8-14)16(20)9-12-3-6-13(17)10-15(12)18/h3-8,10,16,20H,9H2,1-2H3. The van der Waals surface area contributed by atoms with Crippen LogP contribution in [0.1, 0.15) is 17.2 Å². The summed E-state index contributed by atoms with van der Waals surface area (Å²) in [5, 5.41) is 10.5. The molecule has 2 aromatic rings. The Hall–Kier alpha value is -1.58. The van der Waals surface area contributed by atoms with Crippen molar-refractivity contribution < 1.29 is 9.50 Å². The van der Waals surface area contributed by atoms with E-state index in [1.54, 1.807) is 12.1 Å². The lowest BCUT2D eigenvalue weighted by Crippen LogP contribution is -2.09. The molecule has 0 saturated carbocycles. The lowest BCUT2D eigenvalue weighted by molar-refractivity contribution is 0.177. The smallest absolute Gasteiger partial charge is 0.127 e. The van der Waals surface area contributed by atoms with E-state index in [0.29, 0.717) is 10.6 Å². The van der Waals surface area contributed by atoms with E-state index in [2.05, 4.69) is 0 Å². The highest BCUT2D eigenvalue weighted by molar-refractivity contribution is 6.30. The fourth-order valence-electron chi connectivity index (χ4n) is 2.01. The quantitative estimate of drug-likeness (QED) is 0.926. The molecule has 0 aromatic heterocycles. The van der Waals surface area contributed by atoms with Crippen molar-refractivity contribution >= 4 is 17.3 Å². The van der Waals surface area contributed by atoms with Crippen LogP contribution in [0.5, 0.6) is 0 Å². The number of rotatable bonds is 4. The van der Waals surface area contributed by atoms with Crippen molar-refractivity contribution in [1.29, 1.82) is 0 Å². The minimum Gasteiger partial charge on any atom is -0.388 e. The maximum Gasteiger partial charge on any atom is 0.127 e. The predicted octanol–water partition coefficient (Wildman–Crippen LogP) is 3.82. The van der Waals surface area contributed by atoms with Gasteiger partial charge in [-0.15, -0.1) is 0 Å². The number of hydrogen-bond donors (Lipinski definition) is 1. The number of aliphatic hydroxyl groups excluding tert-OH is 1. The van der Waals surface area contributed by atoms with Crippen molar-refractivity contribution in [1.82, 2.24) is 0 Å². The molecule has 4 heteroatoms. The summed E-state index contributed by atoms with van der Waals surface area (Å²) in [5.41, 5.74) is 2.28. The monoisotopic (exact) mass is 293 g/mol. The molecule has 0 bridgehead atoms. The topological polar surface area (TPSA) is 23.5 Å². The molecule has 0 saturated heterocycles. The maximum absolute atomic E-state index is 13.7. The molecule has 0 aliphatic heterocycles. The van der Waals surface area contributed by atoms with Crippen LogP contribution in [0.15, 0.2) is 42.5 Å². The van der Waals surface area contributed by atoms with Crippen molar-refractivity contribution in [2.24, 2.45) is 0 Å². The van der Waals surface area contributed by atoms with Crippen LogP contribution in [0.2, 0.25) is 5.02 Å². The average Bonchev–Trinajstić information content (AvgIpc) is 2.42. The molecule has 0 radical (unpaired) electrons. The number of benzene rings is 2. The Balaban J connectivity index is 2.13. The van der Waals surface area contributed by atoms with Crippen LogP contribution in [-0.2, 0) is 6.42 Å². The lowest BCUT2D eigenvalue weighted by Gasteiger charge is -2.15. The SMILES string of the molecule is CN(C)c1ccc(C(O)Cc2ccc(Cl)cc2F)cc1. The van der Waals surface area contributed by atoms with E-state index in [1.165, 1.54) is 6.07 Å². The average molecular weight is 294 g/mol.